The van der Waals surface area contributed by atoms with E-state index in [2.05, 4.69) is 10.6 Å². The zero-order valence-electron chi connectivity index (χ0n) is 39.2. The van der Waals surface area contributed by atoms with Gasteiger partial charge >= 0.3 is 15.5 Å². The summed E-state index contributed by atoms with van der Waals surface area (Å²) in [5.41, 5.74) is -1.12. The van der Waals surface area contributed by atoms with Crippen molar-refractivity contribution in [3.05, 3.63) is 99.5 Å². The SMILES string of the molecule is O=C(CCCCCOc1cc(NC2CCN(S(=O)(=O)C(F)(F)F)CC2)c2cc(C(c3ccc(Cl)cc3)c3ccc(Cl)cc3)ccc2n1)NCCCOCC[C@H]1CCCCC(OCCOCCO)CC1. The van der Waals surface area contributed by atoms with Crippen LogP contribution in [-0.4, -0.2) is 112 Å². The van der Waals surface area contributed by atoms with E-state index in [0.29, 0.717) is 103 Å². The zero-order chi connectivity index (χ0) is 49.1. The summed E-state index contributed by atoms with van der Waals surface area (Å²) >= 11 is 12.5. The number of fused-ring (bicyclic) bond motifs is 1. The molecule has 18 heteroatoms. The van der Waals surface area contributed by atoms with Crippen LogP contribution in [0.3, 0.4) is 0 Å². The maximum Gasteiger partial charge on any atom is 0.511 e. The minimum atomic E-state index is -5.43. The van der Waals surface area contributed by atoms with Gasteiger partial charge in [-0.05, 0) is 123 Å². The topological polar surface area (TPSA) is 149 Å². The molecule has 69 heavy (non-hydrogen) atoms. The average molecular weight is 1020 g/mol. The number of alkyl halides is 3. The molecule has 1 unspecified atom stereocenters. The van der Waals surface area contributed by atoms with E-state index in [0.717, 1.165) is 60.6 Å². The molecule has 1 aromatic heterocycles. The van der Waals surface area contributed by atoms with Gasteiger partial charge in [0.1, 0.15) is 0 Å². The number of pyridine rings is 1. The number of nitrogens with one attached hydrogen (secondary N) is 2. The lowest BCUT2D eigenvalue weighted by atomic mass is 9.84. The number of aromatic nitrogens is 1. The summed E-state index contributed by atoms with van der Waals surface area (Å²) in [6, 6.07) is 22.7. The third-order valence-electron chi connectivity index (χ3n) is 12.9. The van der Waals surface area contributed by atoms with E-state index < -0.39 is 15.5 Å². The molecule has 0 radical (unpaired) electrons. The van der Waals surface area contributed by atoms with Crippen LogP contribution < -0.4 is 15.4 Å². The molecule has 12 nitrogen and oxygen atoms in total. The molecular weight excluding hydrogens is 957 g/mol. The van der Waals surface area contributed by atoms with Crippen LogP contribution in [0.15, 0.2) is 72.8 Å². The second kappa shape index (κ2) is 27.8. The number of carbonyl (C=O) groups is 1. The molecule has 1 saturated carbocycles. The number of halogens is 5. The van der Waals surface area contributed by atoms with Gasteiger partial charge in [-0.3, -0.25) is 4.79 Å². The number of unbranched alkanes of at least 4 members (excludes halogenated alkanes) is 2. The molecule has 1 saturated heterocycles. The van der Waals surface area contributed by atoms with Crippen molar-refractivity contribution in [1.29, 1.82) is 0 Å². The summed E-state index contributed by atoms with van der Waals surface area (Å²) in [7, 11) is -5.43. The summed E-state index contributed by atoms with van der Waals surface area (Å²) in [4.78, 5) is 17.4. The molecule has 4 aromatic rings. The van der Waals surface area contributed by atoms with Crippen LogP contribution >= 0.6 is 23.2 Å². The Hall–Kier alpha value is -3.74. The minimum absolute atomic E-state index is 0.00431. The fraction of sp³-hybridized carbons (Fsp3) is 0.569. The molecule has 2 atom stereocenters. The fourth-order valence-electron chi connectivity index (χ4n) is 9.08. The fourth-order valence-corrected chi connectivity index (χ4v) is 10.3. The number of hydrogen-bond acceptors (Lipinski definition) is 10. The number of anilines is 1. The van der Waals surface area contributed by atoms with Gasteiger partial charge in [0, 0.05) is 78.4 Å². The lowest BCUT2D eigenvalue weighted by molar-refractivity contribution is -0.121. The maximum atomic E-state index is 13.4. The number of aliphatic hydroxyl groups excluding tert-OH is 1. The Balaban J connectivity index is 0.970. The predicted octanol–water partition coefficient (Wildman–Crippen LogP) is 10.7. The van der Waals surface area contributed by atoms with E-state index in [9.17, 15) is 26.4 Å². The summed E-state index contributed by atoms with van der Waals surface area (Å²) in [6.07, 6.45) is 11.8. The van der Waals surface area contributed by atoms with Crippen LogP contribution in [0.1, 0.15) is 112 Å². The number of amides is 1. The summed E-state index contributed by atoms with van der Waals surface area (Å²) in [5, 5.41) is 17.3. The summed E-state index contributed by atoms with van der Waals surface area (Å²) < 4.78 is 88.3. The Kier molecular flexibility index (Phi) is 22.0. The van der Waals surface area contributed by atoms with Gasteiger partial charge < -0.3 is 34.7 Å². The Bertz CT molecular complexity index is 2240. The normalized spacial score (nSPS) is 17.7. The van der Waals surface area contributed by atoms with Gasteiger partial charge in [0.2, 0.25) is 11.8 Å². The van der Waals surface area contributed by atoms with E-state index in [-0.39, 0.29) is 56.5 Å². The molecule has 1 aliphatic carbocycles. The number of sulfonamides is 1. The quantitative estimate of drug-likeness (QED) is 0.0410. The van der Waals surface area contributed by atoms with Gasteiger partial charge in [0.15, 0.2) is 0 Å². The zero-order valence-corrected chi connectivity index (χ0v) is 41.5. The number of nitrogens with zero attached hydrogens (tertiary/aromatic N) is 2. The number of piperidine rings is 1. The van der Waals surface area contributed by atoms with Gasteiger partial charge in [-0.1, -0.05) is 72.8 Å². The number of hydrogen-bond donors (Lipinski definition) is 3. The first-order chi connectivity index (χ1) is 33.3. The smallest absolute Gasteiger partial charge is 0.478 e. The van der Waals surface area contributed by atoms with Gasteiger partial charge in [-0.25, -0.2) is 13.4 Å². The summed E-state index contributed by atoms with van der Waals surface area (Å²) in [6.45, 7) is 3.13. The van der Waals surface area contributed by atoms with Gasteiger partial charge in [0.25, 0.3) is 0 Å². The first-order valence-corrected chi connectivity index (χ1v) is 26.6. The van der Waals surface area contributed by atoms with Crippen LogP contribution in [0.25, 0.3) is 10.9 Å². The van der Waals surface area contributed by atoms with E-state index in [1.165, 1.54) is 19.3 Å². The van der Waals surface area contributed by atoms with Crippen molar-refractivity contribution in [2.45, 2.75) is 113 Å². The highest BCUT2D eigenvalue weighted by atomic mass is 35.5. The molecule has 2 heterocycles. The number of carbonyl (C=O) groups excluding carboxylic acids is 1. The average Bonchev–Trinajstić information content (AvgIpc) is 3.32. The largest absolute Gasteiger partial charge is 0.511 e. The van der Waals surface area contributed by atoms with Crippen LogP contribution in [0.2, 0.25) is 10.0 Å². The molecule has 3 N–H and O–H groups in total. The Morgan fingerprint density at radius 2 is 1.45 bits per heavy atom. The van der Waals surface area contributed by atoms with Crippen molar-refractivity contribution in [2.24, 2.45) is 5.92 Å². The molecule has 2 aliphatic rings. The second-order valence-corrected chi connectivity index (χ2v) is 20.7. The van der Waals surface area contributed by atoms with Crippen molar-refractivity contribution in [3.8, 4) is 5.88 Å². The van der Waals surface area contributed by atoms with Gasteiger partial charge in [-0.2, -0.15) is 17.5 Å². The first kappa shape index (κ1) is 54.6. The number of ether oxygens (including phenoxy) is 4. The highest BCUT2D eigenvalue weighted by molar-refractivity contribution is 7.90. The molecule has 1 amide bonds. The Labute approximate surface area is 415 Å². The van der Waals surface area contributed by atoms with Crippen LogP contribution in [0.4, 0.5) is 18.9 Å². The van der Waals surface area contributed by atoms with Crippen molar-refractivity contribution >= 4 is 55.7 Å². The number of aliphatic hydroxyl groups is 1. The maximum absolute atomic E-state index is 13.4. The molecule has 3 aromatic carbocycles. The standard InChI is InChI=1S/C51H67Cl2F3N4O8S/c52-41-16-11-38(12-17-41)50(39-13-18-42(53)19-14-39)40-15-21-46-45(35-40)47(58-43-22-26-60(27-23-43)69(63,64)51(54,55)56)36-49(59-46)68-30-5-1-2-9-48(62)57-25-6-29-65-31-24-37-7-3-4-8-44(20-10-37)67-34-33-66-32-28-61/h11-19,21,35-37,43-44,50,61H,1-10,20,22-34H2,(H,57,62)(H,58,59)/t37-,44?/m0/s1. The third kappa shape index (κ3) is 17.2. The van der Waals surface area contributed by atoms with Crippen LogP contribution in [0, 0.1) is 5.92 Å². The summed E-state index contributed by atoms with van der Waals surface area (Å²) in [5.74, 6) is 0.793. The Morgan fingerprint density at radius 3 is 2.14 bits per heavy atom. The molecule has 6 rings (SSSR count). The van der Waals surface area contributed by atoms with E-state index in [1.807, 2.05) is 66.7 Å². The Morgan fingerprint density at radius 1 is 0.768 bits per heavy atom. The molecular formula is C51H67Cl2F3N4O8S. The minimum Gasteiger partial charge on any atom is -0.478 e. The van der Waals surface area contributed by atoms with Crippen molar-refractivity contribution < 1.29 is 50.4 Å². The van der Waals surface area contributed by atoms with Crippen molar-refractivity contribution in [2.75, 3.05) is 71.2 Å². The van der Waals surface area contributed by atoms with E-state index in [1.54, 1.807) is 6.07 Å². The molecule has 0 spiro atoms. The van der Waals surface area contributed by atoms with Crippen molar-refractivity contribution in [1.82, 2.24) is 14.6 Å². The third-order valence-corrected chi connectivity index (χ3v) is 15.0. The van der Waals surface area contributed by atoms with Crippen LogP contribution in [0.5, 0.6) is 5.88 Å². The highest BCUT2D eigenvalue weighted by Crippen LogP contribution is 2.38. The monoisotopic (exact) mass is 1020 g/mol. The van der Waals surface area contributed by atoms with Gasteiger partial charge in [-0.15, -0.1) is 0 Å². The second-order valence-electron chi connectivity index (χ2n) is 17.9. The molecule has 0 bridgehead atoms. The van der Waals surface area contributed by atoms with E-state index in [4.69, 9.17) is 52.2 Å². The number of benzene rings is 3. The van der Waals surface area contributed by atoms with Crippen molar-refractivity contribution in [3.63, 3.8) is 0 Å². The highest BCUT2D eigenvalue weighted by Gasteiger charge is 2.50. The number of rotatable bonds is 26. The van der Waals surface area contributed by atoms with E-state index >= 15 is 0 Å². The first-order valence-electron chi connectivity index (χ1n) is 24.4. The van der Waals surface area contributed by atoms with Crippen LogP contribution in [-0.2, 0) is 29.0 Å². The lowest BCUT2D eigenvalue weighted by Crippen LogP contribution is -2.47. The molecule has 1 aliphatic heterocycles. The lowest BCUT2D eigenvalue weighted by Gasteiger charge is -2.32. The molecule has 2 fully saturated rings. The predicted molar refractivity (Wildman–Crippen MR) is 265 cm³/mol. The van der Waals surface area contributed by atoms with Gasteiger partial charge in [0.05, 0.1) is 44.7 Å². The molecule has 380 valence electrons.